The lowest BCUT2D eigenvalue weighted by Gasteiger charge is -2.16. The average molecular weight is 426 g/mol. The molecule has 0 spiro atoms. The van der Waals surface area contributed by atoms with E-state index in [9.17, 15) is 13.6 Å². The number of aromatic nitrogens is 2. The number of fused-ring (bicyclic) bond motifs is 1. The first-order valence-electron chi connectivity index (χ1n) is 9.76. The predicted octanol–water partition coefficient (Wildman–Crippen LogP) is 4.13. The molecule has 1 fully saturated rings. The van der Waals surface area contributed by atoms with E-state index in [1.54, 1.807) is 41.9 Å². The summed E-state index contributed by atoms with van der Waals surface area (Å²) in [5.41, 5.74) is 2.43. The summed E-state index contributed by atoms with van der Waals surface area (Å²) in [6, 6.07) is 8.79. The van der Waals surface area contributed by atoms with E-state index in [4.69, 9.17) is 10.00 Å². The quantitative estimate of drug-likeness (QED) is 0.614. The summed E-state index contributed by atoms with van der Waals surface area (Å²) in [5.74, 6) is -0.960. The molecule has 1 aliphatic carbocycles. The van der Waals surface area contributed by atoms with Crippen molar-refractivity contribution in [1.82, 2.24) is 14.7 Å². The molecule has 4 rings (SSSR count). The number of imidazole rings is 1. The smallest absolute Gasteiger partial charge is 0.387 e. The van der Waals surface area contributed by atoms with Gasteiger partial charge in [0.25, 0.3) is 5.91 Å². The summed E-state index contributed by atoms with van der Waals surface area (Å²) < 4.78 is 38.0. The van der Waals surface area contributed by atoms with E-state index < -0.39 is 12.5 Å². The van der Waals surface area contributed by atoms with Crippen molar-refractivity contribution in [2.45, 2.75) is 38.3 Å². The summed E-state index contributed by atoms with van der Waals surface area (Å²) in [7, 11) is 1.36. The van der Waals surface area contributed by atoms with Crippen LogP contribution in [0, 0.1) is 11.3 Å². The minimum atomic E-state index is -3.11. The van der Waals surface area contributed by atoms with Gasteiger partial charge in [-0.3, -0.25) is 9.20 Å². The summed E-state index contributed by atoms with van der Waals surface area (Å²) in [4.78, 5) is 17.0. The number of nitrogens with zero attached hydrogens (tertiary/aromatic N) is 3. The van der Waals surface area contributed by atoms with Crippen LogP contribution in [-0.2, 0) is 0 Å². The highest BCUT2D eigenvalue weighted by molar-refractivity contribution is 6.01. The summed E-state index contributed by atoms with van der Waals surface area (Å²) in [5, 5.41) is 11.9. The minimum absolute atomic E-state index is 0.0417. The van der Waals surface area contributed by atoms with Gasteiger partial charge in [-0.2, -0.15) is 14.0 Å². The first-order chi connectivity index (χ1) is 14.9. The molecule has 1 saturated carbocycles. The van der Waals surface area contributed by atoms with Gasteiger partial charge in [-0.1, -0.05) is 0 Å². The average Bonchev–Trinajstić information content (AvgIpc) is 3.46. The molecular formula is C22H20F2N4O3. The second-order valence-corrected chi connectivity index (χ2v) is 7.36. The molecule has 1 atom stereocenters. The number of pyridine rings is 1. The SMILES string of the molecule is COc1cc(-c2cnc3cc(C(C)C#N)ccn23)cc(OC(F)F)c1C(=O)NC1CC1. The molecule has 2 heterocycles. The van der Waals surface area contributed by atoms with Crippen molar-refractivity contribution in [2.75, 3.05) is 7.11 Å². The van der Waals surface area contributed by atoms with Crippen molar-refractivity contribution < 1.29 is 23.0 Å². The lowest BCUT2D eigenvalue weighted by Crippen LogP contribution is -2.26. The van der Waals surface area contributed by atoms with Gasteiger partial charge in [-0.15, -0.1) is 0 Å². The second-order valence-electron chi connectivity index (χ2n) is 7.36. The molecule has 1 aliphatic rings. The lowest BCUT2D eigenvalue weighted by atomic mass is 10.0. The number of amides is 1. The van der Waals surface area contributed by atoms with Gasteiger partial charge < -0.3 is 14.8 Å². The van der Waals surface area contributed by atoms with Crippen LogP contribution in [0.3, 0.4) is 0 Å². The van der Waals surface area contributed by atoms with Gasteiger partial charge in [0.15, 0.2) is 0 Å². The van der Waals surface area contributed by atoms with Crippen molar-refractivity contribution in [3.05, 3.63) is 47.8 Å². The molecule has 0 aliphatic heterocycles. The zero-order valence-corrected chi connectivity index (χ0v) is 16.9. The highest BCUT2D eigenvalue weighted by Gasteiger charge is 2.29. The van der Waals surface area contributed by atoms with Crippen LogP contribution in [0.15, 0.2) is 36.7 Å². The van der Waals surface area contributed by atoms with Gasteiger partial charge in [-0.05, 0) is 49.6 Å². The Morgan fingerprint density at radius 3 is 2.71 bits per heavy atom. The number of hydrogen-bond acceptors (Lipinski definition) is 5. The van der Waals surface area contributed by atoms with Crippen LogP contribution in [0.25, 0.3) is 16.9 Å². The monoisotopic (exact) mass is 426 g/mol. The van der Waals surface area contributed by atoms with Gasteiger partial charge in [0, 0.05) is 17.8 Å². The van der Waals surface area contributed by atoms with Crippen LogP contribution in [0.4, 0.5) is 8.78 Å². The molecule has 1 N–H and O–H groups in total. The van der Waals surface area contributed by atoms with Crippen LogP contribution in [0.5, 0.6) is 11.5 Å². The van der Waals surface area contributed by atoms with E-state index in [0.29, 0.717) is 16.9 Å². The zero-order valence-electron chi connectivity index (χ0n) is 16.9. The van der Waals surface area contributed by atoms with Crippen LogP contribution >= 0.6 is 0 Å². The van der Waals surface area contributed by atoms with E-state index in [1.165, 1.54) is 13.2 Å². The number of nitrogens with one attached hydrogen (secondary N) is 1. The predicted molar refractivity (Wildman–Crippen MR) is 108 cm³/mol. The van der Waals surface area contributed by atoms with Crippen molar-refractivity contribution >= 4 is 11.6 Å². The van der Waals surface area contributed by atoms with Gasteiger partial charge in [-0.25, -0.2) is 4.98 Å². The Bertz CT molecular complexity index is 1180. The summed E-state index contributed by atoms with van der Waals surface area (Å²) in [6.07, 6.45) is 5.05. The zero-order chi connectivity index (χ0) is 22.1. The number of rotatable bonds is 7. The molecule has 3 aromatic rings. The van der Waals surface area contributed by atoms with E-state index in [0.717, 1.165) is 18.4 Å². The maximum atomic E-state index is 13.1. The largest absolute Gasteiger partial charge is 0.496 e. The van der Waals surface area contributed by atoms with Gasteiger partial charge in [0.1, 0.15) is 22.7 Å². The fraction of sp³-hybridized carbons (Fsp3) is 0.318. The number of carbonyl (C=O) groups is 1. The Labute approximate surface area is 177 Å². The number of methoxy groups -OCH3 is 1. The van der Waals surface area contributed by atoms with Crippen LogP contribution < -0.4 is 14.8 Å². The highest BCUT2D eigenvalue weighted by atomic mass is 19.3. The van der Waals surface area contributed by atoms with Crippen molar-refractivity contribution in [3.8, 4) is 28.8 Å². The molecule has 31 heavy (non-hydrogen) atoms. The van der Waals surface area contributed by atoms with E-state index in [1.807, 2.05) is 0 Å². The Kier molecular flexibility index (Phi) is 5.46. The normalized spacial score (nSPS) is 14.3. The Morgan fingerprint density at radius 1 is 1.32 bits per heavy atom. The fourth-order valence-electron chi connectivity index (χ4n) is 3.35. The summed E-state index contributed by atoms with van der Waals surface area (Å²) >= 11 is 0. The van der Waals surface area contributed by atoms with Crippen LogP contribution in [-0.4, -0.2) is 35.1 Å². The Hall–Kier alpha value is -3.67. The van der Waals surface area contributed by atoms with Crippen molar-refractivity contribution in [2.24, 2.45) is 0 Å². The van der Waals surface area contributed by atoms with Crippen LogP contribution in [0.2, 0.25) is 0 Å². The first kappa shape index (κ1) is 20.6. The molecular weight excluding hydrogens is 406 g/mol. The van der Waals surface area contributed by atoms with E-state index in [2.05, 4.69) is 21.1 Å². The molecule has 1 amide bonds. The maximum absolute atomic E-state index is 13.1. The molecule has 1 unspecified atom stereocenters. The van der Waals surface area contributed by atoms with Crippen molar-refractivity contribution in [1.29, 1.82) is 5.26 Å². The highest BCUT2D eigenvalue weighted by Crippen LogP contribution is 2.37. The third kappa shape index (κ3) is 4.14. The van der Waals surface area contributed by atoms with Crippen molar-refractivity contribution in [3.63, 3.8) is 0 Å². The fourth-order valence-corrected chi connectivity index (χ4v) is 3.35. The first-order valence-corrected chi connectivity index (χ1v) is 9.76. The standard InChI is InChI=1S/C22H20F2N4O3/c1-12(10-25)13-5-6-28-16(11-26-19(28)9-13)14-7-17(30-2)20(18(8-14)31-22(23)24)21(29)27-15-3-4-15/h5-9,11-12,15,22H,3-4H2,1-2H3,(H,27,29). The molecule has 9 heteroatoms. The third-order valence-electron chi connectivity index (χ3n) is 5.17. The van der Waals surface area contributed by atoms with Gasteiger partial charge >= 0.3 is 6.61 Å². The van der Waals surface area contributed by atoms with Crippen LogP contribution in [0.1, 0.15) is 41.6 Å². The number of hydrogen-bond donors (Lipinski definition) is 1. The number of benzene rings is 1. The molecule has 160 valence electrons. The van der Waals surface area contributed by atoms with Gasteiger partial charge in [0.05, 0.1) is 31.0 Å². The number of alkyl halides is 2. The van der Waals surface area contributed by atoms with E-state index in [-0.39, 0.29) is 29.0 Å². The number of carbonyl (C=O) groups excluding carboxylic acids is 1. The molecule has 0 saturated heterocycles. The Balaban J connectivity index is 1.81. The second kappa shape index (κ2) is 8.22. The Morgan fingerprint density at radius 2 is 2.06 bits per heavy atom. The third-order valence-corrected chi connectivity index (χ3v) is 5.17. The van der Waals surface area contributed by atoms with E-state index >= 15 is 0 Å². The summed E-state index contributed by atoms with van der Waals surface area (Å²) in [6.45, 7) is -1.32. The van der Waals surface area contributed by atoms with Gasteiger partial charge in [0.2, 0.25) is 0 Å². The molecule has 2 aromatic heterocycles. The number of nitriles is 1. The molecule has 7 nitrogen and oxygen atoms in total. The topological polar surface area (TPSA) is 88.7 Å². The minimum Gasteiger partial charge on any atom is -0.496 e. The lowest BCUT2D eigenvalue weighted by molar-refractivity contribution is -0.0502. The molecule has 0 bridgehead atoms. The maximum Gasteiger partial charge on any atom is 0.387 e. The number of ether oxygens (including phenoxy) is 2. The molecule has 1 aromatic carbocycles. The number of halogens is 2. The molecule has 0 radical (unpaired) electrons.